The summed E-state index contributed by atoms with van der Waals surface area (Å²) in [5, 5.41) is 14.5. The van der Waals surface area contributed by atoms with Gasteiger partial charge in [-0.1, -0.05) is 6.07 Å². The number of fused-ring (bicyclic) bond motifs is 2. The second-order valence-corrected chi connectivity index (χ2v) is 9.13. The van der Waals surface area contributed by atoms with E-state index in [0.29, 0.717) is 47.3 Å². The van der Waals surface area contributed by atoms with E-state index in [1.807, 2.05) is 0 Å². The molecule has 0 saturated carbocycles. The number of aromatic hydroxyl groups is 1. The SMILES string of the molecule is Oc1c(F)cncc1-c1ccc2ncc(-c3cc(F)cc(F)c3)c(N3CCC4NCCOC4C3)c2c1. The van der Waals surface area contributed by atoms with Crippen molar-refractivity contribution in [2.75, 3.05) is 31.1 Å². The third kappa shape index (κ3) is 4.04. The van der Waals surface area contributed by atoms with Crippen LogP contribution in [0, 0.1) is 17.5 Å². The summed E-state index contributed by atoms with van der Waals surface area (Å²) >= 11 is 0. The number of nitrogens with zero attached hydrogens (tertiary/aromatic N) is 3. The summed E-state index contributed by atoms with van der Waals surface area (Å²) in [5.74, 6) is -2.68. The third-order valence-electron chi connectivity index (χ3n) is 6.91. The van der Waals surface area contributed by atoms with Crippen LogP contribution < -0.4 is 10.2 Å². The molecule has 184 valence electrons. The number of benzene rings is 2. The Kier molecular flexibility index (Phi) is 5.73. The van der Waals surface area contributed by atoms with Crippen molar-refractivity contribution in [3.8, 4) is 28.0 Å². The first kappa shape index (κ1) is 22.8. The van der Waals surface area contributed by atoms with Crippen molar-refractivity contribution >= 4 is 16.6 Å². The molecule has 2 aromatic heterocycles. The molecule has 2 aliphatic heterocycles. The van der Waals surface area contributed by atoms with Crippen molar-refractivity contribution in [1.29, 1.82) is 0 Å². The van der Waals surface area contributed by atoms with Crippen molar-refractivity contribution < 1.29 is 23.0 Å². The molecule has 4 aromatic rings. The molecule has 2 atom stereocenters. The minimum atomic E-state index is -0.820. The van der Waals surface area contributed by atoms with Gasteiger partial charge in [-0.25, -0.2) is 13.2 Å². The van der Waals surface area contributed by atoms with Crippen molar-refractivity contribution in [2.24, 2.45) is 0 Å². The summed E-state index contributed by atoms with van der Waals surface area (Å²) in [5.41, 5.74) is 3.13. The van der Waals surface area contributed by atoms with Gasteiger partial charge in [0.15, 0.2) is 11.6 Å². The molecule has 0 spiro atoms. The minimum absolute atomic E-state index is 0.0348. The molecule has 2 aromatic carbocycles. The molecule has 0 radical (unpaired) electrons. The summed E-state index contributed by atoms with van der Waals surface area (Å²) in [7, 11) is 0. The number of aromatic nitrogens is 2. The largest absolute Gasteiger partial charge is 0.504 e. The highest BCUT2D eigenvalue weighted by Crippen LogP contribution is 2.41. The third-order valence-corrected chi connectivity index (χ3v) is 6.91. The van der Waals surface area contributed by atoms with Gasteiger partial charge in [0.2, 0.25) is 0 Å². The first-order valence-electron chi connectivity index (χ1n) is 11.8. The second kappa shape index (κ2) is 9.07. The number of morpholine rings is 1. The Morgan fingerprint density at radius 2 is 1.81 bits per heavy atom. The fourth-order valence-corrected chi connectivity index (χ4v) is 5.22. The van der Waals surface area contributed by atoms with E-state index >= 15 is 0 Å². The van der Waals surface area contributed by atoms with Crippen LogP contribution in [0.5, 0.6) is 5.75 Å². The molecule has 0 amide bonds. The van der Waals surface area contributed by atoms with Crippen LogP contribution in [0.1, 0.15) is 6.42 Å². The molecule has 2 saturated heterocycles. The predicted octanol–water partition coefficient (Wildman–Crippen LogP) is 4.65. The van der Waals surface area contributed by atoms with E-state index in [0.717, 1.165) is 30.9 Å². The van der Waals surface area contributed by atoms with Crippen molar-refractivity contribution in [3.63, 3.8) is 0 Å². The number of hydrogen-bond donors (Lipinski definition) is 2. The van der Waals surface area contributed by atoms with Gasteiger partial charge in [0.05, 0.1) is 30.1 Å². The van der Waals surface area contributed by atoms with Gasteiger partial charge in [-0.05, 0) is 41.8 Å². The lowest BCUT2D eigenvalue weighted by molar-refractivity contribution is -0.00896. The van der Waals surface area contributed by atoms with Crippen LogP contribution in [0.2, 0.25) is 0 Å². The van der Waals surface area contributed by atoms with Gasteiger partial charge >= 0.3 is 0 Å². The van der Waals surface area contributed by atoms with Crippen LogP contribution in [0.25, 0.3) is 33.2 Å². The number of piperidine rings is 1. The lowest BCUT2D eigenvalue weighted by Gasteiger charge is -2.43. The van der Waals surface area contributed by atoms with Gasteiger partial charge in [-0.3, -0.25) is 9.97 Å². The number of nitrogens with one attached hydrogen (secondary N) is 1. The van der Waals surface area contributed by atoms with Gasteiger partial charge in [-0.2, -0.15) is 0 Å². The maximum atomic E-state index is 14.2. The Balaban J connectivity index is 1.56. The Bertz CT molecular complexity index is 1440. The Hall–Kier alpha value is -3.69. The smallest absolute Gasteiger partial charge is 0.183 e. The van der Waals surface area contributed by atoms with Crippen molar-refractivity contribution in [3.05, 3.63) is 72.4 Å². The monoisotopic (exact) mass is 492 g/mol. The van der Waals surface area contributed by atoms with Gasteiger partial charge in [0.25, 0.3) is 0 Å². The molecule has 9 heteroatoms. The molecule has 2 N–H and O–H groups in total. The standard InChI is InChI=1S/C27H23F3N4O2/c28-17-7-16(8-18(29)10-17)20-12-33-23-2-1-15(21-11-31-13-22(30)27(21)35)9-19(23)26(20)34-5-3-24-25(14-34)36-6-4-32-24/h1-2,7-13,24-25,32H,3-6,14H2,(H,31,35). The van der Waals surface area contributed by atoms with E-state index in [1.54, 1.807) is 24.4 Å². The number of hydrogen-bond acceptors (Lipinski definition) is 6. The number of ether oxygens (including phenoxy) is 1. The minimum Gasteiger partial charge on any atom is -0.504 e. The highest BCUT2D eigenvalue weighted by Gasteiger charge is 2.33. The van der Waals surface area contributed by atoms with Crippen LogP contribution in [0.15, 0.2) is 55.0 Å². The molecule has 2 fully saturated rings. The van der Waals surface area contributed by atoms with Crippen LogP contribution >= 0.6 is 0 Å². The first-order valence-corrected chi connectivity index (χ1v) is 11.8. The summed E-state index contributed by atoms with van der Waals surface area (Å²) in [6, 6.07) is 8.96. The average molecular weight is 493 g/mol. The Labute approximate surface area is 205 Å². The van der Waals surface area contributed by atoms with Crippen molar-refractivity contribution in [2.45, 2.75) is 18.6 Å². The highest BCUT2D eigenvalue weighted by atomic mass is 19.1. The summed E-state index contributed by atoms with van der Waals surface area (Å²) < 4.78 is 48.5. The van der Waals surface area contributed by atoms with Gasteiger partial charge in [0.1, 0.15) is 11.6 Å². The zero-order chi connectivity index (χ0) is 24.8. The van der Waals surface area contributed by atoms with E-state index < -0.39 is 23.2 Å². The number of pyridine rings is 2. The lowest BCUT2D eigenvalue weighted by Crippen LogP contribution is -2.57. The van der Waals surface area contributed by atoms with Crippen LogP contribution in [-0.2, 0) is 4.74 Å². The van der Waals surface area contributed by atoms with E-state index in [1.165, 1.54) is 18.3 Å². The average Bonchev–Trinajstić information content (AvgIpc) is 2.88. The Morgan fingerprint density at radius 1 is 0.972 bits per heavy atom. The maximum absolute atomic E-state index is 14.2. The molecule has 36 heavy (non-hydrogen) atoms. The van der Waals surface area contributed by atoms with Crippen LogP contribution in [0.4, 0.5) is 18.9 Å². The first-order chi connectivity index (χ1) is 17.5. The fraction of sp³-hybridized carbons (Fsp3) is 0.259. The topological polar surface area (TPSA) is 70.5 Å². The molecule has 6 rings (SSSR count). The zero-order valence-corrected chi connectivity index (χ0v) is 19.2. The van der Waals surface area contributed by atoms with E-state index in [4.69, 9.17) is 4.74 Å². The molecule has 0 aliphatic carbocycles. The molecule has 2 aliphatic rings. The summed E-state index contributed by atoms with van der Waals surface area (Å²) in [4.78, 5) is 10.6. The summed E-state index contributed by atoms with van der Waals surface area (Å²) in [6.07, 6.45) is 4.77. The van der Waals surface area contributed by atoms with E-state index in [2.05, 4.69) is 20.2 Å². The number of halogens is 3. The molecule has 6 nitrogen and oxygen atoms in total. The Morgan fingerprint density at radius 3 is 2.64 bits per heavy atom. The zero-order valence-electron chi connectivity index (χ0n) is 19.2. The number of rotatable bonds is 3. The molecule has 0 bridgehead atoms. The van der Waals surface area contributed by atoms with E-state index in [9.17, 15) is 18.3 Å². The molecular weight excluding hydrogens is 469 g/mol. The van der Waals surface area contributed by atoms with Crippen molar-refractivity contribution in [1.82, 2.24) is 15.3 Å². The maximum Gasteiger partial charge on any atom is 0.183 e. The fourth-order valence-electron chi connectivity index (χ4n) is 5.22. The van der Waals surface area contributed by atoms with Crippen LogP contribution in [-0.4, -0.2) is 53.5 Å². The van der Waals surface area contributed by atoms with Gasteiger partial charge < -0.3 is 20.1 Å². The highest BCUT2D eigenvalue weighted by molar-refractivity contribution is 6.02. The predicted molar refractivity (Wildman–Crippen MR) is 130 cm³/mol. The second-order valence-electron chi connectivity index (χ2n) is 9.13. The van der Waals surface area contributed by atoms with Crippen LogP contribution in [0.3, 0.4) is 0 Å². The molecular formula is C27H23F3N4O2. The molecule has 4 heterocycles. The van der Waals surface area contributed by atoms with E-state index in [-0.39, 0.29) is 17.7 Å². The quantitative estimate of drug-likeness (QED) is 0.434. The van der Waals surface area contributed by atoms with Gasteiger partial charge in [-0.15, -0.1) is 0 Å². The van der Waals surface area contributed by atoms with Gasteiger partial charge in [0, 0.05) is 60.6 Å². The molecule has 2 unspecified atom stereocenters. The lowest BCUT2D eigenvalue weighted by atomic mass is 9.95. The number of anilines is 1. The summed E-state index contributed by atoms with van der Waals surface area (Å²) in [6.45, 7) is 2.70. The normalized spacial score (nSPS) is 19.9.